The smallest absolute Gasteiger partial charge is 0.246 e. The molecule has 1 atom stereocenters. The van der Waals surface area contributed by atoms with E-state index in [4.69, 9.17) is 0 Å². The molecule has 0 unspecified atom stereocenters. The van der Waals surface area contributed by atoms with Gasteiger partial charge in [0.05, 0.1) is 0 Å². The first-order chi connectivity index (χ1) is 9.88. The summed E-state index contributed by atoms with van der Waals surface area (Å²) >= 11 is 0. The Morgan fingerprint density at radius 3 is 2.38 bits per heavy atom. The first-order valence-electron chi connectivity index (χ1n) is 6.64. The van der Waals surface area contributed by atoms with Crippen molar-refractivity contribution in [1.82, 2.24) is 9.62 Å². The number of hydrogen-bond donors (Lipinski definition) is 1. The molecule has 0 radical (unpaired) electrons. The highest BCUT2D eigenvalue weighted by molar-refractivity contribution is 7.89. The first kappa shape index (κ1) is 14.4. The molecule has 5 nitrogen and oxygen atoms in total. The van der Waals surface area contributed by atoms with E-state index in [0.717, 1.165) is 31.0 Å². The van der Waals surface area contributed by atoms with Crippen molar-refractivity contribution >= 4 is 15.9 Å². The fourth-order valence-electron chi connectivity index (χ4n) is 2.57. The standard InChI is InChI=1S/C13H14F2N2O3S/c14-10-2-1-3-11(15)13(10)21(19,20)16-8-6-12(18)17(7-8)9-4-5-9/h1-3,8-9,16H,4-7H2/t8-/m1/s1. The van der Waals surface area contributed by atoms with E-state index < -0.39 is 32.6 Å². The summed E-state index contributed by atoms with van der Waals surface area (Å²) in [6, 6.07) is 2.40. The van der Waals surface area contributed by atoms with Gasteiger partial charge in [-0.3, -0.25) is 4.79 Å². The number of nitrogens with zero attached hydrogens (tertiary/aromatic N) is 1. The number of amides is 1. The molecular weight excluding hydrogens is 302 g/mol. The molecule has 114 valence electrons. The van der Waals surface area contributed by atoms with Crippen molar-refractivity contribution in [3.05, 3.63) is 29.8 Å². The van der Waals surface area contributed by atoms with Crippen LogP contribution < -0.4 is 4.72 Å². The third-order valence-corrected chi connectivity index (χ3v) is 5.23. The number of carbonyl (C=O) groups excluding carboxylic acids is 1. The molecule has 0 bridgehead atoms. The molecule has 2 aliphatic rings. The second kappa shape index (κ2) is 5.03. The van der Waals surface area contributed by atoms with Crippen molar-refractivity contribution in [3.8, 4) is 0 Å². The van der Waals surface area contributed by atoms with Crippen LogP contribution in [0.1, 0.15) is 19.3 Å². The molecule has 1 aliphatic heterocycles. The number of carbonyl (C=O) groups is 1. The van der Waals surface area contributed by atoms with E-state index in [2.05, 4.69) is 4.72 Å². The summed E-state index contributed by atoms with van der Waals surface area (Å²) < 4.78 is 53.6. The number of sulfonamides is 1. The minimum absolute atomic E-state index is 0.0196. The normalized spacial score (nSPS) is 22.9. The molecule has 1 N–H and O–H groups in total. The molecule has 1 saturated heterocycles. The molecule has 1 amide bonds. The average molecular weight is 316 g/mol. The predicted molar refractivity (Wildman–Crippen MR) is 69.8 cm³/mol. The molecule has 2 fully saturated rings. The second-order valence-electron chi connectivity index (χ2n) is 5.35. The average Bonchev–Trinajstić information content (AvgIpc) is 3.13. The number of likely N-dealkylation sites (tertiary alicyclic amines) is 1. The molecule has 8 heteroatoms. The van der Waals surface area contributed by atoms with Crippen molar-refractivity contribution in [2.24, 2.45) is 0 Å². The van der Waals surface area contributed by atoms with E-state index in [9.17, 15) is 22.0 Å². The molecule has 1 aromatic carbocycles. The Kier molecular flexibility index (Phi) is 3.45. The molecule has 1 aliphatic carbocycles. The maximum absolute atomic E-state index is 13.6. The Morgan fingerprint density at radius 2 is 1.81 bits per heavy atom. The van der Waals surface area contributed by atoms with E-state index in [0.29, 0.717) is 0 Å². The number of hydrogen-bond acceptors (Lipinski definition) is 3. The third-order valence-electron chi connectivity index (χ3n) is 3.66. The summed E-state index contributed by atoms with van der Waals surface area (Å²) in [5.41, 5.74) is 0. The largest absolute Gasteiger partial charge is 0.338 e. The quantitative estimate of drug-likeness (QED) is 0.901. The maximum Gasteiger partial charge on any atom is 0.246 e. The third kappa shape index (κ3) is 2.77. The topological polar surface area (TPSA) is 66.5 Å². The van der Waals surface area contributed by atoms with Crippen LogP contribution in [0.2, 0.25) is 0 Å². The molecular formula is C13H14F2N2O3S. The van der Waals surface area contributed by atoms with E-state index in [1.54, 1.807) is 4.90 Å². The van der Waals surface area contributed by atoms with Crippen LogP contribution in [-0.2, 0) is 14.8 Å². The lowest BCUT2D eigenvalue weighted by molar-refractivity contribution is -0.128. The van der Waals surface area contributed by atoms with Gasteiger partial charge in [-0.15, -0.1) is 0 Å². The zero-order valence-corrected chi connectivity index (χ0v) is 11.9. The van der Waals surface area contributed by atoms with Crippen LogP contribution in [0.5, 0.6) is 0 Å². The SMILES string of the molecule is O=C1C[C@@H](NS(=O)(=O)c2c(F)cccc2F)CN1C1CC1. The van der Waals surface area contributed by atoms with Crippen molar-refractivity contribution < 1.29 is 22.0 Å². The molecule has 1 heterocycles. The monoisotopic (exact) mass is 316 g/mol. The van der Waals surface area contributed by atoms with Gasteiger partial charge in [0.1, 0.15) is 11.6 Å². The van der Waals surface area contributed by atoms with Crippen LogP contribution in [0.4, 0.5) is 8.78 Å². The van der Waals surface area contributed by atoms with Gasteiger partial charge in [0, 0.05) is 25.0 Å². The van der Waals surface area contributed by atoms with Crippen LogP contribution >= 0.6 is 0 Å². The van der Waals surface area contributed by atoms with Gasteiger partial charge >= 0.3 is 0 Å². The summed E-state index contributed by atoms with van der Waals surface area (Å²) in [4.78, 5) is 12.4. The number of halogens is 2. The zero-order chi connectivity index (χ0) is 15.2. The molecule has 0 spiro atoms. The van der Waals surface area contributed by atoms with E-state index in [1.165, 1.54) is 0 Å². The van der Waals surface area contributed by atoms with Gasteiger partial charge in [-0.2, -0.15) is 0 Å². The van der Waals surface area contributed by atoms with Crippen molar-refractivity contribution in [1.29, 1.82) is 0 Å². The van der Waals surface area contributed by atoms with Gasteiger partial charge in [-0.25, -0.2) is 21.9 Å². The van der Waals surface area contributed by atoms with Crippen LogP contribution in [0, 0.1) is 11.6 Å². The highest BCUT2D eigenvalue weighted by Gasteiger charge is 2.41. The Bertz CT molecular complexity index is 668. The Labute approximate surface area is 121 Å². The Hall–Kier alpha value is -1.54. The lowest BCUT2D eigenvalue weighted by atomic mass is 10.3. The Morgan fingerprint density at radius 1 is 1.19 bits per heavy atom. The second-order valence-corrected chi connectivity index (χ2v) is 7.00. The number of rotatable bonds is 4. The van der Waals surface area contributed by atoms with Crippen LogP contribution in [0.3, 0.4) is 0 Å². The molecule has 0 aromatic heterocycles. The fraction of sp³-hybridized carbons (Fsp3) is 0.462. The van der Waals surface area contributed by atoms with E-state index in [-0.39, 0.29) is 24.9 Å². The highest BCUT2D eigenvalue weighted by atomic mass is 32.2. The predicted octanol–water partition coefficient (Wildman–Crippen LogP) is 1.01. The van der Waals surface area contributed by atoms with Crippen LogP contribution in [0.15, 0.2) is 23.1 Å². The summed E-state index contributed by atoms with van der Waals surface area (Å²) in [5, 5.41) is 0. The summed E-state index contributed by atoms with van der Waals surface area (Å²) in [7, 11) is -4.34. The van der Waals surface area contributed by atoms with Gasteiger partial charge in [-0.1, -0.05) is 6.07 Å². The Balaban J connectivity index is 1.79. The summed E-state index contributed by atoms with van der Waals surface area (Å²) in [6.45, 7) is 0.249. The zero-order valence-electron chi connectivity index (χ0n) is 11.1. The maximum atomic E-state index is 13.6. The lowest BCUT2D eigenvalue weighted by Crippen LogP contribution is -2.38. The number of benzene rings is 1. The molecule has 1 saturated carbocycles. The lowest BCUT2D eigenvalue weighted by Gasteiger charge is -2.16. The highest BCUT2D eigenvalue weighted by Crippen LogP contribution is 2.31. The van der Waals surface area contributed by atoms with Crippen molar-refractivity contribution in [2.45, 2.75) is 36.2 Å². The van der Waals surface area contributed by atoms with Gasteiger partial charge < -0.3 is 4.90 Å². The fourth-order valence-corrected chi connectivity index (χ4v) is 3.93. The molecule has 21 heavy (non-hydrogen) atoms. The van der Waals surface area contributed by atoms with Crippen LogP contribution in [0.25, 0.3) is 0 Å². The minimum Gasteiger partial charge on any atom is -0.338 e. The summed E-state index contributed by atoms with van der Waals surface area (Å²) in [5.74, 6) is -2.42. The van der Waals surface area contributed by atoms with E-state index >= 15 is 0 Å². The van der Waals surface area contributed by atoms with Crippen molar-refractivity contribution in [2.75, 3.05) is 6.54 Å². The van der Waals surface area contributed by atoms with Gasteiger partial charge in [0.25, 0.3) is 0 Å². The summed E-state index contributed by atoms with van der Waals surface area (Å²) in [6.07, 6.45) is 1.87. The van der Waals surface area contributed by atoms with Gasteiger partial charge in [0.2, 0.25) is 15.9 Å². The van der Waals surface area contributed by atoms with Crippen molar-refractivity contribution in [3.63, 3.8) is 0 Å². The van der Waals surface area contributed by atoms with Crippen LogP contribution in [-0.4, -0.2) is 37.9 Å². The molecule has 3 rings (SSSR count). The van der Waals surface area contributed by atoms with Gasteiger partial charge in [0.15, 0.2) is 4.90 Å². The first-order valence-corrected chi connectivity index (χ1v) is 8.12. The minimum atomic E-state index is -4.34. The van der Waals surface area contributed by atoms with Gasteiger partial charge in [-0.05, 0) is 25.0 Å². The number of nitrogens with one attached hydrogen (secondary N) is 1. The molecule has 1 aromatic rings. The van der Waals surface area contributed by atoms with E-state index in [1.807, 2.05) is 0 Å².